The number of benzene rings is 1. The van der Waals surface area contributed by atoms with E-state index < -0.39 is 11.6 Å². The van der Waals surface area contributed by atoms with Crippen LogP contribution in [0.4, 0.5) is 8.78 Å². The Morgan fingerprint density at radius 3 is 2.75 bits per heavy atom. The minimum atomic E-state index is -0.875. The van der Waals surface area contributed by atoms with Gasteiger partial charge in [-0.2, -0.15) is 0 Å². The van der Waals surface area contributed by atoms with Crippen LogP contribution in [0, 0.1) is 17.6 Å². The van der Waals surface area contributed by atoms with Crippen molar-refractivity contribution in [2.45, 2.75) is 25.4 Å². The minimum Gasteiger partial charge on any atom is -0.490 e. The molecule has 0 heterocycles. The van der Waals surface area contributed by atoms with E-state index in [2.05, 4.69) is 0 Å². The van der Waals surface area contributed by atoms with Crippen LogP contribution in [0.3, 0.4) is 0 Å². The normalized spacial score (nSPS) is 24.7. The fraction of sp³-hybridized carbons (Fsp3) is 0.500. The first kappa shape index (κ1) is 11.3. The molecular formula is C12H15F2NO. The van der Waals surface area contributed by atoms with Crippen LogP contribution < -0.4 is 10.5 Å². The number of ether oxygens (including phenoxy) is 1. The average Bonchev–Trinajstić information content (AvgIpc) is 2.71. The second kappa shape index (κ2) is 4.78. The second-order valence-corrected chi connectivity index (χ2v) is 4.16. The predicted octanol–water partition coefficient (Wildman–Crippen LogP) is 2.47. The van der Waals surface area contributed by atoms with Gasteiger partial charge >= 0.3 is 0 Å². The summed E-state index contributed by atoms with van der Waals surface area (Å²) in [6.07, 6.45) is 3.09. The molecule has 2 N–H and O–H groups in total. The molecule has 0 spiro atoms. The molecule has 2 nitrogen and oxygen atoms in total. The van der Waals surface area contributed by atoms with Crippen LogP contribution in [-0.2, 0) is 0 Å². The van der Waals surface area contributed by atoms with E-state index in [1.165, 1.54) is 6.07 Å². The van der Waals surface area contributed by atoms with Gasteiger partial charge < -0.3 is 10.5 Å². The molecule has 1 aromatic carbocycles. The third kappa shape index (κ3) is 2.32. The number of hydrogen-bond donors (Lipinski definition) is 1. The lowest BCUT2D eigenvalue weighted by Gasteiger charge is -2.19. The molecule has 2 atom stereocenters. The van der Waals surface area contributed by atoms with E-state index in [0.717, 1.165) is 31.4 Å². The van der Waals surface area contributed by atoms with Crippen LogP contribution in [0.15, 0.2) is 18.2 Å². The van der Waals surface area contributed by atoms with Gasteiger partial charge in [-0.1, -0.05) is 0 Å². The van der Waals surface area contributed by atoms with Crippen molar-refractivity contribution >= 4 is 0 Å². The van der Waals surface area contributed by atoms with Gasteiger partial charge in [0.05, 0.1) is 0 Å². The summed E-state index contributed by atoms with van der Waals surface area (Å²) in [5.41, 5.74) is 5.62. The molecule has 1 fully saturated rings. The summed E-state index contributed by atoms with van der Waals surface area (Å²) in [5.74, 6) is -1.02. The van der Waals surface area contributed by atoms with Gasteiger partial charge in [0.2, 0.25) is 0 Å². The number of hydrogen-bond acceptors (Lipinski definition) is 2. The smallest absolute Gasteiger partial charge is 0.162 e. The van der Waals surface area contributed by atoms with Gasteiger partial charge in [0, 0.05) is 12.0 Å². The maximum absolute atomic E-state index is 13.0. The molecule has 16 heavy (non-hydrogen) atoms. The highest BCUT2D eigenvalue weighted by molar-refractivity contribution is 5.24. The highest BCUT2D eigenvalue weighted by Crippen LogP contribution is 2.29. The Labute approximate surface area is 93.4 Å². The van der Waals surface area contributed by atoms with Gasteiger partial charge in [0.15, 0.2) is 11.6 Å². The summed E-state index contributed by atoms with van der Waals surface area (Å²) in [5, 5.41) is 0. The molecule has 2 unspecified atom stereocenters. The molecule has 0 aromatic heterocycles. The molecule has 1 aromatic rings. The topological polar surface area (TPSA) is 35.2 Å². The number of rotatable bonds is 3. The first-order valence-electron chi connectivity index (χ1n) is 5.52. The molecule has 0 saturated heterocycles. The third-order valence-corrected chi connectivity index (χ3v) is 3.07. The van der Waals surface area contributed by atoms with Crippen molar-refractivity contribution in [2.75, 3.05) is 6.54 Å². The van der Waals surface area contributed by atoms with Crippen molar-refractivity contribution in [3.63, 3.8) is 0 Å². The molecule has 88 valence electrons. The summed E-state index contributed by atoms with van der Waals surface area (Å²) in [6.45, 7) is 0.578. The van der Waals surface area contributed by atoms with Crippen LogP contribution in [-0.4, -0.2) is 12.6 Å². The molecule has 0 radical (unpaired) electrons. The zero-order valence-electron chi connectivity index (χ0n) is 8.96. The van der Waals surface area contributed by atoms with E-state index in [1.807, 2.05) is 0 Å². The summed E-state index contributed by atoms with van der Waals surface area (Å²) in [6, 6.07) is 3.61. The molecule has 1 aliphatic carbocycles. The SMILES string of the molecule is NCC1CCCC1Oc1ccc(F)c(F)c1. The number of nitrogens with two attached hydrogens (primary N) is 1. The van der Waals surface area contributed by atoms with Gasteiger partial charge in [-0.25, -0.2) is 8.78 Å². The van der Waals surface area contributed by atoms with Crippen molar-refractivity contribution in [2.24, 2.45) is 11.7 Å². The van der Waals surface area contributed by atoms with Crippen molar-refractivity contribution in [3.8, 4) is 5.75 Å². The highest BCUT2D eigenvalue weighted by Gasteiger charge is 2.27. The summed E-state index contributed by atoms with van der Waals surface area (Å²) in [7, 11) is 0. The molecule has 1 aliphatic rings. The van der Waals surface area contributed by atoms with Crippen LogP contribution in [0.1, 0.15) is 19.3 Å². The van der Waals surface area contributed by atoms with Crippen molar-refractivity contribution < 1.29 is 13.5 Å². The highest BCUT2D eigenvalue weighted by atomic mass is 19.2. The van der Waals surface area contributed by atoms with E-state index in [1.54, 1.807) is 0 Å². The van der Waals surface area contributed by atoms with Crippen LogP contribution in [0.25, 0.3) is 0 Å². The first-order chi connectivity index (χ1) is 7.70. The Morgan fingerprint density at radius 1 is 1.25 bits per heavy atom. The predicted molar refractivity (Wildman–Crippen MR) is 57.2 cm³/mol. The fourth-order valence-electron chi connectivity index (χ4n) is 2.15. The number of halogens is 2. The van der Waals surface area contributed by atoms with E-state index in [-0.39, 0.29) is 6.10 Å². The van der Waals surface area contributed by atoms with Crippen LogP contribution >= 0.6 is 0 Å². The molecular weight excluding hydrogens is 212 g/mol. The third-order valence-electron chi connectivity index (χ3n) is 3.07. The Balaban J connectivity index is 2.05. The Morgan fingerprint density at radius 2 is 2.06 bits per heavy atom. The van der Waals surface area contributed by atoms with E-state index in [4.69, 9.17) is 10.5 Å². The quantitative estimate of drug-likeness (QED) is 0.861. The molecule has 0 amide bonds. The van der Waals surface area contributed by atoms with Crippen LogP contribution in [0.2, 0.25) is 0 Å². The minimum absolute atomic E-state index is 0.0369. The largest absolute Gasteiger partial charge is 0.490 e. The molecule has 0 bridgehead atoms. The van der Waals surface area contributed by atoms with E-state index in [9.17, 15) is 8.78 Å². The van der Waals surface area contributed by atoms with Gasteiger partial charge in [0.25, 0.3) is 0 Å². The Kier molecular flexibility index (Phi) is 3.39. The van der Waals surface area contributed by atoms with E-state index in [0.29, 0.717) is 18.2 Å². The zero-order chi connectivity index (χ0) is 11.5. The van der Waals surface area contributed by atoms with Crippen molar-refractivity contribution in [1.82, 2.24) is 0 Å². The zero-order valence-corrected chi connectivity index (χ0v) is 8.96. The molecule has 4 heteroatoms. The standard InChI is InChI=1S/C12H15F2NO/c13-10-5-4-9(6-11(10)14)16-12-3-1-2-8(12)7-15/h4-6,8,12H,1-3,7,15H2. The van der Waals surface area contributed by atoms with Crippen molar-refractivity contribution in [1.29, 1.82) is 0 Å². The van der Waals surface area contributed by atoms with Gasteiger partial charge in [-0.05, 0) is 37.9 Å². The molecule has 1 saturated carbocycles. The lowest BCUT2D eigenvalue weighted by molar-refractivity contribution is 0.161. The maximum Gasteiger partial charge on any atom is 0.162 e. The van der Waals surface area contributed by atoms with Crippen molar-refractivity contribution in [3.05, 3.63) is 29.8 Å². The van der Waals surface area contributed by atoms with Crippen LogP contribution in [0.5, 0.6) is 5.75 Å². The Bertz CT molecular complexity index is 370. The lowest BCUT2D eigenvalue weighted by atomic mass is 10.1. The maximum atomic E-state index is 13.0. The second-order valence-electron chi connectivity index (χ2n) is 4.16. The molecule has 2 rings (SSSR count). The summed E-state index contributed by atoms with van der Waals surface area (Å²) >= 11 is 0. The monoisotopic (exact) mass is 227 g/mol. The molecule has 0 aliphatic heterocycles. The first-order valence-corrected chi connectivity index (χ1v) is 5.52. The summed E-state index contributed by atoms with van der Waals surface area (Å²) in [4.78, 5) is 0. The average molecular weight is 227 g/mol. The van der Waals surface area contributed by atoms with Gasteiger partial charge in [-0.3, -0.25) is 0 Å². The summed E-state index contributed by atoms with van der Waals surface area (Å²) < 4.78 is 31.3. The lowest BCUT2D eigenvalue weighted by Crippen LogP contribution is -2.27. The fourth-order valence-corrected chi connectivity index (χ4v) is 2.15. The van der Waals surface area contributed by atoms with Gasteiger partial charge in [0.1, 0.15) is 11.9 Å². The van der Waals surface area contributed by atoms with Gasteiger partial charge in [-0.15, -0.1) is 0 Å². The van der Waals surface area contributed by atoms with E-state index >= 15 is 0 Å². The Hall–Kier alpha value is -1.16.